The maximum atomic E-state index is 11.1. The first-order valence-corrected chi connectivity index (χ1v) is 6.69. The Hall–Kier alpha value is -2.34. The van der Waals surface area contributed by atoms with Gasteiger partial charge in [0.2, 0.25) is 5.91 Å². The van der Waals surface area contributed by atoms with Crippen LogP contribution in [0.4, 0.5) is 5.69 Å². The van der Waals surface area contributed by atoms with Gasteiger partial charge in [0.25, 0.3) is 0 Å². The second kappa shape index (κ2) is 6.21. The van der Waals surface area contributed by atoms with Crippen LogP contribution in [0.3, 0.4) is 0 Å². The molecule has 0 aliphatic rings. The number of carbonyl (C=O) groups excluding carboxylic acids is 1. The van der Waals surface area contributed by atoms with Gasteiger partial charge < -0.3 is 15.2 Å². The van der Waals surface area contributed by atoms with E-state index < -0.39 is 5.97 Å². The van der Waals surface area contributed by atoms with Gasteiger partial charge in [-0.05, 0) is 24.3 Å². The first kappa shape index (κ1) is 14.1. The van der Waals surface area contributed by atoms with Crippen molar-refractivity contribution in [3.63, 3.8) is 0 Å². The number of amides is 1. The van der Waals surface area contributed by atoms with Crippen LogP contribution >= 0.6 is 11.3 Å². The van der Waals surface area contributed by atoms with Crippen LogP contribution in [-0.2, 0) is 11.4 Å². The molecule has 5 nitrogen and oxygen atoms in total. The smallest absolute Gasteiger partial charge is 0.345 e. The van der Waals surface area contributed by atoms with E-state index in [9.17, 15) is 9.59 Å². The van der Waals surface area contributed by atoms with Gasteiger partial charge in [-0.15, -0.1) is 11.3 Å². The number of para-hydroxylation sites is 2. The highest BCUT2D eigenvalue weighted by Gasteiger charge is 2.09. The third kappa shape index (κ3) is 3.58. The topological polar surface area (TPSA) is 75.6 Å². The number of anilines is 1. The number of rotatable bonds is 5. The van der Waals surface area contributed by atoms with Gasteiger partial charge in [-0.3, -0.25) is 4.79 Å². The van der Waals surface area contributed by atoms with Crippen molar-refractivity contribution < 1.29 is 19.4 Å². The number of carboxylic acid groups (broad SMARTS) is 1. The molecular weight excluding hydrogens is 278 g/mol. The number of hydrogen-bond acceptors (Lipinski definition) is 4. The lowest BCUT2D eigenvalue weighted by Crippen LogP contribution is -2.07. The quantitative estimate of drug-likeness (QED) is 0.888. The number of hydrogen-bond donors (Lipinski definition) is 2. The van der Waals surface area contributed by atoms with Crippen molar-refractivity contribution in [2.45, 2.75) is 13.5 Å². The average molecular weight is 291 g/mol. The Bertz CT molecular complexity index is 636. The van der Waals surface area contributed by atoms with E-state index in [1.165, 1.54) is 18.3 Å². The molecule has 1 amide bonds. The minimum atomic E-state index is -0.945. The van der Waals surface area contributed by atoms with E-state index in [1.807, 2.05) is 0 Å². The predicted octanol–water partition coefficient (Wildman–Crippen LogP) is 2.98. The molecule has 2 rings (SSSR count). The standard InChI is InChI=1S/C14H13NO4S/c1-9(16)15-11-4-2-3-5-12(11)19-8-10-6-7-13(20-10)14(17)18/h2-7H,8H2,1H3,(H,15,16)(H,17,18). The molecule has 0 fully saturated rings. The van der Waals surface area contributed by atoms with Crippen LogP contribution in [0.5, 0.6) is 5.75 Å². The van der Waals surface area contributed by atoms with Crippen molar-refractivity contribution in [3.8, 4) is 5.75 Å². The van der Waals surface area contributed by atoms with E-state index in [1.54, 1.807) is 36.4 Å². The number of carboxylic acids is 1. The summed E-state index contributed by atoms with van der Waals surface area (Å²) in [5, 5.41) is 11.5. The summed E-state index contributed by atoms with van der Waals surface area (Å²) in [4.78, 5) is 23.0. The van der Waals surface area contributed by atoms with E-state index in [0.717, 1.165) is 4.88 Å². The second-order valence-electron chi connectivity index (χ2n) is 4.04. The fraction of sp³-hybridized carbons (Fsp3) is 0.143. The van der Waals surface area contributed by atoms with Crippen molar-refractivity contribution in [3.05, 3.63) is 46.2 Å². The molecule has 0 radical (unpaired) electrons. The van der Waals surface area contributed by atoms with Gasteiger partial charge in [0.1, 0.15) is 17.2 Å². The molecule has 0 unspecified atom stereocenters. The first-order valence-electron chi connectivity index (χ1n) is 5.87. The van der Waals surface area contributed by atoms with Gasteiger partial charge in [-0.25, -0.2) is 4.79 Å². The van der Waals surface area contributed by atoms with Crippen molar-refractivity contribution in [1.82, 2.24) is 0 Å². The highest BCUT2D eigenvalue weighted by atomic mass is 32.1. The normalized spacial score (nSPS) is 10.1. The Kier molecular flexibility index (Phi) is 4.37. The summed E-state index contributed by atoms with van der Waals surface area (Å²) in [6.45, 7) is 1.68. The molecule has 0 atom stereocenters. The lowest BCUT2D eigenvalue weighted by molar-refractivity contribution is -0.114. The molecule has 0 spiro atoms. The Balaban J connectivity index is 2.06. The highest BCUT2D eigenvalue weighted by Crippen LogP contribution is 2.26. The Morgan fingerprint density at radius 1 is 1.25 bits per heavy atom. The molecule has 0 saturated carbocycles. The monoisotopic (exact) mass is 291 g/mol. The van der Waals surface area contributed by atoms with Crippen molar-refractivity contribution in [2.75, 3.05) is 5.32 Å². The van der Waals surface area contributed by atoms with Gasteiger partial charge in [0.05, 0.1) is 5.69 Å². The van der Waals surface area contributed by atoms with Crippen LogP contribution < -0.4 is 10.1 Å². The second-order valence-corrected chi connectivity index (χ2v) is 5.21. The van der Waals surface area contributed by atoms with Crippen molar-refractivity contribution in [2.24, 2.45) is 0 Å². The summed E-state index contributed by atoms with van der Waals surface area (Å²) >= 11 is 1.17. The van der Waals surface area contributed by atoms with E-state index in [0.29, 0.717) is 11.4 Å². The molecule has 2 aromatic rings. The van der Waals surface area contributed by atoms with E-state index in [4.69, 9.17) is 9.84 Å². The maximum Gasteiger partial charge on any atom is 0.345 e. The Morgan fingerprint density at radius 2 is 2.00 bits per heavy atom. The lowest BCUT2D eigenvalue weighted by Gasteiger charge is -2.10. The van der Waals surface area contributed by atoms with E-state index in [-0.39, 0.29) is 17.4 Å². The number of carbonyl (C=O) groups is 2. The highest BCUT2D eigenvalue weighted by molar-refractivity contribution is 7.13. The molecule has 1 heterocycles. The molecule has 0 aliphatic heterocycles. The Labute approximate surface area is 119 Å². The minimum Gasteiger partial charge on any atom is -0.486 e. The number of benzene rings is 1. The fourth-order valence-corrected chi connectivity index (χ4v) is 2.36. The SMILES string of the molecule is CC(=O)Nc1ccccc1OCc1ccc(C(=O)O)s1. The molecule has 6 heteroatoms. The lowest BCUT2D eigenvalue weighted by atomic mass is 10.3. The zero-order valence-corrected chi connectivity index (χ0v) is 11.6. The van der Waals surface area contributed by atoms with E-state index in [2.05, 4.69) is 5.32 Å². The summed E-state index contributed by atoms with van der Waals surface area (Å²) in [7, 11) is 0. The summed E-state index contributed by atoms with van der Waals surface area (Å²) in [6.07, 6.45) is 0. The largest absolute Gasteiger partial charge is 0.486 e. The number of aromatic carboxylic acids is 1. The number of ether oxygens (including phenoxy) is 1. The Morgan fingerprint density at radius 3 is 2.65 bits per heavy atom. The molecule has 0 aliphatic carbocycles. The summed E-state index contributed by atoms with van der Waals surface area (Å²) < 4.78 is 5.62. The number of nitrogens with one attached hydrogen (secondary N) is 1. The zero-order valence-electron chi connectivity index (χ0n) is 10.8. The molecule has 0 bridgehead atoms. The third-order valence-electron chi connectivity index (χ3n) is 2.44. The van der Waals surface area contributed by atoms with E-state index >= 15 is 0 Å². The minimum absolute atomic E-state index is 0.176. The molecule has 104 valence electrons. The van der Waals surface area contributed by atoms with Gasteiger partial charge >= 0.3 is 5.97 Å². The summed E-state index contributed by atoms with van der Waals surface area (Å²) in [5.41, 5.74) is 0.593. The molecular formula is C14H13NO4S. The van der Waals surface area contributed by atoms with Crippen molar-refractivity contribution >= 4 is 28.9 Å². The zero-order chi connectivity index (χ0) is 14.5. The third-order valence-corrected chi connectivity index (χ3v) is 3.49. The van der Waals surface area contributed by atoms with Crippen LogP contribution in [0.2, 0.25) is 0 Å². The van der Waals surface area contributed by atoms with Crippen LogP contribution in [0.25, 0.3) is 0 Å². The number of thiophene rings is 1. The van der Waals surface area contributed by atoms with Crippen LogP contribution in [0.1, 0.15) is 21.5 Å². The van der Waals surface area contributed by atoms with Gasteiger partial charge in [-0.1, -0.05) is 12.1 Å². The fourth-order valence-electron chi connectivity index (χ4n) is 1.60. The molecule has 2 N–H and O–H groups in total. The van der Waals surface area contributed by atoms with Gasteiger partial charge in [-0.2, -0.15) is 0 Å². The summed E-state index contributed by atoms with van der Waals surface area (Å²) in [5.74, 6) is -0.571. The van der Waals surface area contributed by atoms with Gasteiger partial charge in [0.15, 0.2) is 0 Å². The van der Waals surface area contributed by atoms with Crippen molar-refractivity contribution in [1.29, 1.82) is 0 Å². The van der Waals surface area contributed by atoms with Crippen LogP contribution in [-0.4, -0.2) is 17.0 Å². The van der Waals surface area contributed by atoms with Crippen LogP contribution in [0, 0.1) is 0 Å². The molecule has 1 aromatic heterocycles. The molecule has 1 aromatic carbocycles. The molecule has 0 saturated heterocycles. The first-order chi connectivity index (χ1) is 9.56. The van der Waals surface area contributed by atoms with Gasteiger partial charge in [0, 0.05) is 11.8 Å². The predicted molar refractivity (Wildman–Crippen MR) is 76.4 cm³/mol. The maximum absolute atomic E-state index is 11.1. The summed E-state index contributed by atoms with van der Waals surface area (Å²) in [6, 6.07) is 10.4. The average Bonchev–Trinajstić information content (AvgIpc) is 2.86. The van der Waals surface area contributed by atoms with Crippen LogP contribution in [0.15, 0.2) is 36.4 Å². The molecule has 20 heavy (non-hydrogen) atoms.